The van der Waals surface area contributed by atoms with Gasteiger partial charge >= 0.3 is 0 Å². The maximum absolute atomic E-state index is 13.1. The third kappa shape index (κ3) is 3.42. The molecular formula is C15H13Br2F. The highest BCUT2D eigenvalue weighted by molar-refractivity contribution is 9.10. The minimum Gasteiger partial charge on any atom is -0.207 e. The van der Waals surface area contributed by atoms with Gasteiger partial charge in [0.05, 0.1) is 0 Å². The minimum absolute atomic E-state index is 0.182. The molecule has 0 fully saturated rings. The lowest BCUT2D eigenvalue weighted by atomic mass is 10.0. The maximum atomic E-state index is 13.1. The van der Waals surface area contributed by atoms with Gasteiger partial charge in [-0.2, -0.15) is 0 Å². The Hall–Kier alpha value is -0.670. The van der Waals surface area contributed by atoms with Crippen molar-refractivity contribution in [2.45, 2.75) is 18.2 Å². The summed E-state index contributed by atoms with van der Waals surface area (Å²) in [4.78, 5) is 0.191. The van der Waals surface area contributed by atoms with Crippen LogP contribution >= 0.6 is 31.9 Å². The Labute approximate surface area is 123 Å². The lowest BCUT2D eigenvalue weighted by Gasteiger charge is -2.14. The van der Waals surface area contributed by atoms with E-state index >= 15 is 0 Å². The smallest absolute Gasteiger partial charge is 0.123 e. The van der Waals surface area contributed by atoms with Gasteiger partial charge in [0.1, 0.15) is 5.82 Å². The standard InChI is InChI=1S/C15H13Br2F/c1-10-5-6-12(16)9-14(10)15(17)8-11-3-2-4-13(18)7-11/h2-7,9,15H,8H2,1H3. The van der Waals surface area contributed by atoms with E-state index in [1.54, 1.807) is 12.1 Å². The van der Waals surface area contributed by atoms with E-state index in [0.29, 0.717) is 0 Å². The van der Waals surface area contributed by atoms with Crippen LogP contribution in [-0.2, 0) is 6.42 Å². The first-order chi connectivity index (χ1) is 8.56. The van der Waals surface area contributed by atoms with Crippen LogP contribution in [0.5, 0.6) is 0 Å². The summed E-state index contributed by atoms with van der Waals surface area (Å²) in [6.07, 6.45) is 0.773. The van der Waals surface area contributed by atoms with E-state index in [1.807, 2.05) is 12.1 Å². The largest absolute Gasteiger partial charge is 0.207 e. The predicted molar refractivity (Wildman–Crippen MR) is 80.7 cm³/mol. The third-order valence-corrected chi connectivity index (χ3v) is 4.19. The lowest BCUT2D eigenvalue weighted by molar-refractivity contribution is 0.625. The van der Waals surface area contributed by atoms with E-state index in [1.165, 1.54) is 17.2 Å². The fraction of sp³-hybridized carbons (Fsp3) is 0.200. The zero-order valence-electron chi connectivity index (χ0n) is 9.96. The Morgan fingerprint density at radius 2 is 1.94 bits per heavy atom. The lowest BCUT2D eigenvalue weighted by Crippen LogP contribution is -1.98. The van der Waals surface area contributed by atoms with Crippen LogP contribution in [0.4, 0.5) is 4.39 Å². The molecule has 94 valence electrons. The first kappa shape index (κ1) is 13.8. The molecule has 18 heavy (non-hydrogen) atoms. The first-order valence-electron chi connectivity index (χ1n) is 5.71. The molecule has 0 bridgehead atoms. The van der Waals surface area contributed by atoms with Crippen molar-refractivity contribution in [3.63, 3.8) is 0 Å². The highest BCUT2D eigenvalue weighted by atomic mass is 79.9. The molecule has 0 spiro atoms. The second-order valence-corrected chi connectivity index (χ2v) is 6.32. The van der Waals surface area contributed by atoms with Crippen LogP contribution in [0.2, 0.25) is 0 Å². The molecule has 1 unspecified atom stereocenters. The van der Waals surface area contributed by atoms with Gasteiger partial charge in [0.25, 0.3) is 0 Å². The fourth-order valence-electron chi connectivity index (χ4n) is 1.93. The minimum atomic E-state index is -0.182. The fourth-order valence-corrected chi connectivity index (χ4v) is 3.18. The van der Waals surface area contributed by atoms with Crippen LogP contribution in [0.15, 0.2) is 46.9 Å². The highest BCUT2D eigenvalue weighted by Crippen LogP contribution is 2.31. The van der Waals surface area contributed by atoms with Gasteiger partial charge in [-0.05, 0) is 54.3 Å². The van der Waals surface area contributed by atoms with Crippen molar-refractivity contribution in [1.82, 2.24) is 0 Å². The van der Waals surface area contributed by atoms with Crippen LogP contribution in [0, 0.1) is 12.7 Å². The molecule has 0 nitrogen and oxygen atoms in total. The molecule has 0 aliphatic rings. The molecule has 2 rings (SSSR count). The van der Waals surface area contributed by atoms with Gasteiger partial charge in [-0.25, -0.2) is 4.39 Å². The van der Waals surface area contributed by atoms with Crippen LogP contribution in [-0.4, -0.2) is 0 Å². The molecule has 2 aromatic rings. The Morgan fingerprint density at radius 1 is 1.17 bits per heavy atom. The van der Waals surface area contributed by atoms with Gasteiger partial charge in [0, 0.05) is 9.30 Å². The normalized spacial score (nSPS) is 12.4. The molecular weight excluding hydrogens is 359 g/mol. The van der Waals surface area contributed by atoms with Gasteiger partial charge in [0.15, 0.2) is 0 Å². The van der Waals surface area contributed by atoms with Crippen molar-refractivity contribution in [3.05, 3.63) is 69.4 Å². The zero-order valence-corrected chi connectivity index (χ0v) is 13.1. The molecule has 0 heterocycles. The van der Waals surface area contributed by atoms with Crippen molar-refractivity contribution in [2.75, 3.05) is 0 Å². The predicted octanol–water partition coefficient (Wildman–Crippen LogP) is 5.58. The van der Waals surface area contributed by atoms with Crippen molar-refractivity contribution >= 4 is 31.9 Å². The molecule has 3 heteroatoms. The summed E-state index contributed by atoms with van der Waals surface area (Å²) >= 11 is 7.17. The summed E-state index contributed by atoms with van der Waals surface area (Å²) < 4.78 is 14.2. The van der Waals surface area contributed by atoms with Crippen molar-refractivity contribution < 1.29 is 4.39 Å². The quantitative estimate of drug-likeness (QED) is 0.618. The SMILES string of the molecule is Cc1ccc(Br)cc1C(Br)Cc1cccc(F)c1. The molecule has 0 amide bonds. The van der Waals surface area contributed by atoms with Crippen LogP contribution in [0.25, 0.3) is 0 Å². The summed E-state index contributed by atoms with van der Waals surface area (Å²) in [6, 6.07) is 13.0. The van der Waals surface area contributed by atoms with E-state index in [9.17, 15) is 4.39 Å². The summed E-state index contributed by atoms with van der Waals surface area (Å²) in [5, 5.41) is 0. The molecule has 0 aliphatic heterocycles. The monoisotopic (exact) mass is 370 g/mol. The summed E-state index contributed by atoms with van der Waals surface area (Å²) in [5.41, 5.74) is 3.46. The molecule has 0 radical (unpaired) electrons. The number of halogens is 3. The van der Waals surface area contributed by atoms with Gasteiger partial charge in [-0.1, -0.05) is 50.1 Å². The Balaban J connectivity index is 2.21. The summed E-state index contributed by atoms with van der Waals surface area (Å²) in [7, 11) is 0. The van der Waals surface area contributed by atoms with Gasteiger partial charge in [0.2, 0.25) is 0 Å². The van der Waals surface area contributed by atoms with Gasteiger partial charge in [-0.3, -0.25) is 0 Å². The molecule has 1 atom stereocenters. The van der Waals surface area contributed by atoms with Gasteiger partial charge in [-0.15, -0.1) is 0 Å². The maximum Gasteiger partial charge on any atom is 0.123 e. The van der Waals surface area contributed by atoms with Crippen LogP contribution in [0.3, 0.4) is 0 Å². The van der Waals surface area contributed by atoms with Crippen molar-refractivity contribution in [2.24, 2.45) is 0 Å². The number of aryl methyl sites for hydroxylation is 1. The van der Waals surface area contributed by atoms with E-state index in [2.05, 4.69) is 50.9 Å². The molecule has 0 saturated carbocycles. The number of rotatable bonds is 3. The molecule has 0 N–H and O–H groups in total. The van der Waals surface area contributed by atoms with Crippen molar-refractivity contribution in [3.8, 4) is 0 Å². The Morgan fingerprint density at radius 3 is 2.67 bits per heavy atom. The van der Waals surface area contributed by atoms with Gasteiger partial charge < -0.3 is 0 Å². The average Bonchev–Trinajstić information content (AvgIpc) is 2.32. The van der Waals surface area contributed by atoms with E-state index < -0.39 is 0 Å². The zero-order chi connectivity index (χ0) is 13.1. The Bertz CT molecular complexity index is 552. The Kier molecular flexibility index (Phi) is 4.57. The van der Waals surface area contributed by atoms with Crippen LogP contribution in [0.1, 0.15) is 21.5 Å². The second-order valence-electron chi connectivity index (χ2n) is 4.30. The average molecular weight is 372 g/mol. The number of hydrogen-bond acceptors (Lipinski definition) is 0. The molecule has 0 aliphatic carbocycles. The number of hydrogen-bond donors (Lipinski definition) is 0. The highest BCUT2D eigenvalue weighted by Gasteiger charge is 2.12. The second kappa shape index (κ2) is 5.98. The first-order valence-corrected chi connectivity index (χ1v) is 7.41. The molecule has 2 aromatic carbocycles. The number of benzene rings is 2. The van der Waals surface area contributed by atoms with E-state index in [0.717, 1.165) is 16.5 Å². The van der Waals surface area contributed by atoms with E-state index in [-0.39, 0.29) is 10.6 Å². The third-order valence-electron chi connectivity index (χ3n) is 2.88. The molecule has 0 aromatic heterocycles. The summed E-state index contributed by atoms with van der Waals surface area (Å²) in [6.45, 7) is 2.08. The van der Waals surface area contributed by atoms with E-state index in [4.69, 9.17) is 0 Å². The van der Waals surface area contributed by atoms with Crippen LogP contribution < -0.4 is 0 Å². The number of alkyl halides is 1. The summed E-state index contributed by atoms with van der Waals surface area (Å²) in [5.74, 6) is -0.182. The topological polar surface area (TPSA) is 0 Å². The molecule has 0 saturated heterocycles. The van der Waals surface area contributed by atoms with Crippen molar-refractivity contribution in [1.29, 1.82) is 0 Å².